The SMILES string of the molecule is CCOc1cc2[nH]c(=S)n(Cc3ccc(C(=O)NCCCN4CCN(C)CC4)cc3)c(=O)c2cc1OCC. The Balaban J connectivity index is 1.40. The number of likely N-dealkylation sites (N-methyl/N-ethyl adjacent to an activating group) is 1. The second kappa shape index (κ2) is 13.0. The summed E-state index contributed by atoms with van der Waals surface area (Å²) in [6.07, 6.45) is 0.924. The molecular weight excluding hydrogens is 502 g/mol. The van der Waals surface area contributed by atoms with Crippen LogP contribution in [0.4, 0.5) is 0 Å². The summed E-state index contributed by atoms with van der Waals surface area (Å²) in [6.45, 7) is 11.0. The summed E-state index contributed by atoms with van der Waals surface area (Å²) >= 11 is 5.50. The number of hydrogen-bond acceptors (Lipinski definition) is 7. The lowest BCUT2D eigenvalue weighted by molar-refractivity contribution is 0.0949. The Labute approximate surface area is 228 Å². The van der Waals surface area contributed by atoms with Gasteiger partial charge >= 0.3 is 0 Å². The number of nitrogens with one attached hydrogen (secondary N) is 2. The summed E-state index contributed by atoms with van der Waals surface area (Å²) in [5, 5.41) is 3.48. The molecule has 9 nitrogen and oxygen atoms in total. The van der Waals surface area contributed by atoms with Gasteiger partial charge in [0.15, 0.2) is 16.3 Å². The number of ether oxygens (including phenoxy) is 2. The molecule has 204 valence electrons. The summed E-state index contributed by atoms with van der Waals surface area (Å²) in [5.41, 5.74) is 1.85. The number of carbonyl (C=O) groups is 1. The molecule has 1 amide bonds. The van der Waals surface area contributed by atoms with Crippen molar-refractivity contribution in [2.45, 2.75) is 26.8 Å². The van der Waals surface area contributed by atoms with Gasteiger partial charge in [0, 0.05) is 44.4 Å². The summed E-state index contributed by atoms with van der Waals surface area (Å²) in [7, 11) is 2.15. The van der Waals surface area contributed by atoms with E-state index in [9.17, 15) is 9.59 Å². The number of H-pyrrole nitrogens is 1. The summed E-state index contributed by atoms with van der Waals surface area (Å²) in [6, 6.07) is 10.7. The minimum Gasteiger partial charge on any atom is -0.490 e. The highest BCUT2D eigenvalue weighted by molar-refractivity contribution is 7.71. The summed E-state index contributed by atoms with van der Waals surface area (Å²) in [5.74, 6) is 0.997. The maximum atomic E-state index is 13.3. The molecule has 38 heavy (non-hydrogen) atoms. The van der Waals surface area contributed by atoms with Gasteiger partial charge in [-0.1, -0.05) is 12.1 Å². The lowest BCUT2D eigenvalue weighted by atomic mass is 10.1. The molecule has 0 spiro atoms. The number of benzene rings is 2. The molecule has 0 bridgehead atoms. The van der Waals surface area contributed by atoms with E-state index in [-0.39, 0.29) is 18.0 Å². The molecule has 0 unspecified atom stereocenters. The monoisotopic (exact) mass is 539 g/mol. The number of hydrogen-bond donors (Lipinski definition) is 2. The fraction of sp³-hybridized carbons (Fsp3) is 0.464. The van der Waals surface area contributed by atoms with Crippen molar-refractivity contribution in [1.82, 2.24) is 24.7 Å². The number of amides is 1. The van der Waals surface area contributed by atoms with Crippen molar-refractivity contribution in [3.63, 3.8) is 0 Å². The smallest absolute Gasteiger partial charge is 0.262 e. The first-order chi connectivity index (χ1) is 18.4. The van der Waals surface area contributed by atoms with Crippen LogP contribution in [0.15, 0.2) is 41.2 Å². The third-order valence-electron chi connectivity index (χ3n) is 6.74. The number of aromatic amines is 1. The van der Waals surface area contributed by atoms with Crippen LogP contribution in [0.2, 0.25) is 0 Å². The van der Waals surface area contributed by atoms with Crippen LogP contribution >= 0.6 is 12.2 Å². The van der Waals surface area contributed by atoms with Gasteiger partial charge < -0.3 is 29.6 Å². The largest absolute Gasteiger partial charge is 0.490 e. The highest BCUT2D eigenvalue weighted by atomic mass is 32.1. The number of nitrogens with zero attached hydrogens (tertiary/aromatic N) is 3. The quantitative estimate of drug-likeness (QED) is 0.285. The van der Waals surface area contributed by atoms with Crippen LogP contribution in [-0.4, -0.2) is 84.8 Å². The van der Waals surface area contributed by atoms with Gasteiger partial charge in [-0.2, -0.15) is 0 Å². The van der Waals surface area contributed by atoms with Gasteiger partial charge in [0.2, 0.25) is 0 Å². The highest BCUT2D eigenvalue weighted by Gasteiger charge is 2.15. The average molecular weight is 540 g/mol. The molecule has 0 radical (unpaired) electrons. The minimum atomic E-state index is -0.213. The first-order valence-corrected chi connectivity index (χ1v) is 13.6. The predicted molar refractivity (Wildman–Crippen MR) is 152 cm³/mol. The number of piperazine rings is 1. The molecular formula is C28H37N5O4S. The fourth-order valence-electron chi connectivity index (χ4n) is 4.56. The van der Waals surface area contributed by atoms with E-state index in [4.69, 9.17) is 21.7 Å². The van der Waals surface area contributed by atoms with Crippen LogP contribution in [0.3, 0.4) is 0 Å². The zero-order valence-electron chi connectivity index (χ0n) is 22.4. The van der Waals surface area contributed by atoms with Crippen LogP contribution in [0.5, 0.6) is 11.5 Å². The van der Waals surface area contributed by atoms with E-state index in [1.807, 2.05) is 26.0 Å². The van der Waals surface area contributed by atoms with Gasteiger partial charge in [0.25, 0.3) is 11.5 Å². The van der Waals surface area contributed by atoms with Gasteiger partial charge in [0.1, 0.15) is 0 Å². The zero-order valence-corrected chi connectivity index (χ0v) is 23.2. The number of aromatic nitrogens is 2. The van der Waals surface area contributed by atoms with Crippen molar-refractivity contribution in [3.05, 3.63) is 62.6 Å². The third-order valence-corrected chi connectivity index (χ3v) is 7.06. The second-order valence-electron chi connectivity index (χ2n) is 9.48. The molecule has 1 aliphatic rings. The standard InChI is InChI=1S/C28H37N5O4S/c1-4-36-24-17-22-23(18-25(24)37-5-2)30-28(38)33(27(22)35)19-20-7-9-21(10-8-20)26(34)29-11-6-12-32-15-13-31(3)14-16-32/h7-10,17-18H,4-6,11-16,19H2,1-3H3,(H,29,34)(H,30,38). The van der Waals surface area contributed by atoms with E-state index in [0.29, 0.717) is 52.5 Å². The molecule has 1 fully saturated rings. The maximum Gasteiger partial charge on any atom is 0.262 e. The molecule has 2 N–H and O–H groups in total. The molecule has 1 saturated heterocycles. The molecule has 0 saturated carbocycles. The average Bonchev–Trinajstić information content (AvgIpc) is 2.91. The lowest BCUT2D eigenvalue weighted by Crippen LogP contribution is -2.45. The first-order valence-electron chi connectivity index (χ1n) is 13.2. The molecule has 10 heteroatoms. The van der Waals surface area contributed by atoms with E-state index in [0.717, 1.165) is 44.7 Å². The number of rotatable bonds is 11. The van der Waals surface area contributed by atoms with E-state index in [2.05, 4.69) is 27.1 Å². The van der Waals surface area contributed by atoms with Gasteiger partial charge in [-0.05, 0) is 69.8 Å². The Bertz CT molecular complexity index is 1360. The maximum absolute atomic E-state index is 13.3. The third kappa shape index (κ3) is 6.80. The van der Waals surface area contributed by atoms with Gasteiger partial charge in [-0.3, -0.25) is 14.2 Å². The normalized spacial score (nSPS) is 14.5. The molecule has 2 aromatic carbocycles. The van der Waals surface area contributed by atoms with Crippen molar-refractivity contribution < 1.29 is 14.3 Å². The van der Waals surface area contributed by atoms with Gasteiger partial charge in [0.05, 0.1) is 30.7 Å². The molecule has 0 atom stereocenters. The van der Waals surface area contributed by atoms with Crippen LogP contribution in [-0.2, 0) is 6.54 Å². The molecule has 4 rings (SSSR count). The van der Waals surface area contributed by atoms with Crippen LogP contribution in [0.1, 0.15) is 36.2 Å². The Kier molecular flexibility index (Phi) is 9.54. The fourth-order valence-corrected chi connectivity index (χ4v) is 4.82. The second-order valence-corrected chi connectivity index (χ2v) is 9.87. The minimum absolute atomic E-state index is 0.0938. The molecule has 1 aromatic heterocycles. The van der Waals surface area contributed by atoms with Crippen molar-refractivity contribution >= 4 is 29.0 Å². The van der Waals surface area contributed by atoms with Crippen molar-refractivity contribution in [1.29, 1.82) is 0 Å². The predicted octanol–water partition coefficient (Wildman–Crippen LogP) is 3.27. The Morgan fingerprint density at radius 3 is 2.34 bits per heavy atom. The molecule has 0 aliphatic carbocycles. The lowest BCUT2D eigenvalue weighted by Gasteiger charge is -2.32. The van der Waals surface area contributed by atoms with Gasteiger partial charge in [-0.15, -0.1) is 0 Å². The van der Waals surface area contributed by atoms with E-state index < -0.39 is 0 Å². The van der Waals surface area contributed by atoms with Gasteiger partial charge in [-0.25, -0.2) is 0 Å². The van der Waals surface area contributed by atoms with Crippen LogP contribution in [0.25, 0.3) is 10.9 Å². The van der Waals surface area contributed by atoms with E-state index in [1.165, 1.54) is 4.57 Å². The zero-order chi connectivity index (χ0) is 27.1. The molecule has 3 aromatic rings. The summed E-state index contributed by atoms with van der Waals surface area (Å²) in [4.78, 5) is 33.9. The van der Waals surface area contributed by atoms with Crippen LogP contribution < -0.4 is 20.3 Å². The Morgan fingerprint density at radius 1 is 1.03 bits per heavy atom. The van der Waals surface area contributed by atoms with Crippen molar-refractivity contribution in [2.24, 2.45) is 0 Å². The molecule has 2 heterocycles. The topological polar surface area (TPSA) is 91.8 Å². The van der Waals surface area contributed by atoms with E-state index in [1.54, 1.807) is 24.3 Å². The van der Waals surface area contributed by atoms with Crippen molar-refractivity contribution in [3.8, 4) is 11.5 Å². The first kappa shape index (κ1) is 27.8. The Morgan fingerprint density at radius 2 is 1.68 bits per heavy atom. The molecule has 1 aliphatic heterocycles. The summed E-state index contributed by atoms with van der Waals surface area (Å²) < 4.78 is 13.2. The van der Waals surface area contributed by atoms with E-state index >= 15 is 0 Å². The Hall–Kier alpha value is -3.21. The van der Waals surface area contributed by atoms with Crippen LogP contribution in [0, 0.1) is 4.77 Å². The highest BCUT2D eigenvalue weighted by Crippen LogP contribution is 2.31. The van der Waals surface area contributed by atoms with Crippen molar-refractivity contribution in [2.75, 3.05) is 59.5 Å². The number of carbonyl (C=O) groups excluding carboxylic acids is 1. The number of fused-ring (bicyclic) bond motifs is 1.